The Morgan fingerprint density at radius 1 is 1.20 bits per heavy atom. The summed E-state index contributed by atoms with van der Waals surface area (Å²) in [4.78, 5) is 0. The van der Waals surface area contributed by atoms with Gasteiger partial charge >= 0.3 is 0 Å². The molecular formula is C17H23IO2. The average molecular weight is 386 g/mol. The van der Waals surface area contributed by atoms with Crippen LogP contribution in [0, 0.1) is 3.57 Å². The van der Waals surface area contributed by atoms with Gasteiger partial charge in [-0.25, -0.2) is 0 Å². The van der Waals surface area contributed by atoms with Crippen molar-refractivity contribution >= 4 is 28.2 Å². The SMILES string of the molecule is CCCC/C=C(\CCCC)c1ccc2c(c1I)OCO2. The fourth-order valence-electron chi connectivity index (χ4n) is 2.38. The molecule has 1 aromatic rings. The van der Waals surface area contributed by atoms with Crippen molar-refractivity contribution in [2.24, 2.45) is 0 Å². The van der Waals surface area contributed by atoms with Crippen molar-refractivity contribution in [2.45, 2.75) is 52.4 Å². The Labute approximate surface area is 135 Å². The summed E-state index contributed by atoms with van der Waals surface area (Å²) < 4.78 is 12.2. The number of unbranched alkanes of at least 4 members (excludes halogenated alkanes) is 3. The van der Waals surface area contributed by atoms with Gasteiger partial charge in [-0.3, -0.25) is 0 Å². The van der Waals surface area contributed by atoms with E-state index in [0.29, 0.717) is 6.79 Å². The molecule has 2 nitrogen and oxygen atoms in total. The monoisotopic (exact) mass is 386 g/mol. The van der Waals surface area contributed by atoms with Crippen molar-refractivity contribution in [3.05, 3.63) is 27.3 Å². The van der Waals surface area contributed by atoms with Crippen LogP contribution in [0.3, 0.4) is 0 Å². The summed E-state index contributed by atoms with van der Waals surface area (Å²) in [5, 5.41) is 0. The molecule has 0 atom stereocenters. The number of hydrogen-bond donors (Lipinski definition) is 0. The molecule has 1 aromatic carbocycles. The molecule has 0 saturated carbocycles. The molecule has 0 N–H and O–H groups in total. The number of rotatable bonds is 7. The number of ether oxygens (including phenoxy) is 2. The quantitative estimate of drug-likeness (QED) is 0.437. The molecule has 0 radical (unpaired) electrons. The van der Waals surface area contributed by atoms with Crippen LogP contribution in [-0.2, 0) is 0 Å². The van der Waals surface area contributed by atoms with Crippen molar-refractivity contribution in [1.82, 2.24) is 0 Å². The van der Waals surface area contributed by atoms with E-state index in [-0.39, 0.29) is 0 Å². The zero-order valence-corrected chi connectivity index (χ0v) is 14.5. The van der Waals surface area contributed by atoms with Crippen LogP contribution in [0.4, 0.5) is 0 Å². The van der Waals surface area contributed by atoms with Crippen molar-refractivity contribution < 1.29 is 9.47 Å². The van der Waals surface area contributed by atoms with Crippen LogP contribution in [0.1, 0.15) is 57.9 Å². The second kappa shape index (κ2) is 7.91. The van der Waals surface area contributed by atoms with Crippen LogP contribution >= 0.6 is 22.6 Å². The number of benzene rings is 1. The minimum Gasteiger partial charge on any atom is -0.454 e. The maximum absolute atomic E-state index is 5.59. The van der Waals surface area contributed by atoms with Gasteiger partial charge < -0.3 is 9.47 Å². The first-order chi connectivity index (χ1) is 9.77. The van der Waals surface area contributed by atoms with Gasteiger partial charge in [0.2, 0.25) is 6.79 Å². The Balaban J connectivity index is 2.26. The second-order valence-electron chi connectivity index (χ2n) is 5.14. The van der Waals surface area contributed by atoms with Gasteiger partial charge in [0.1, 0.15) is 0 Å². The Kier molecular flexibility index (Phi) is 6.20. The highest BCUT2D eigenvalue weighted by molar-refractivity contribution is 14.1. The number of hydrogen-bond acceptors (Lipinski definition) is 2. The second-order valence-corrected chi connectivity index (χ2v) is 6.21. The van der Waals surface area contributed by atoms with E-state index in [0.717, 1.165) is 17.9 Å². The van der Waals surface area contributed by atoms with E-state index in [1.165, 1.54) is 46.8 Å². The summed E-state index contributed by atoms with van der Waals surface area (Å²) in [6.45, 7) is 4.83. The Morgan fingerprint density at radius 2 is 2.00 bits per heavy atom. The topological polar surface area (TPSA) is 18.5 Å². The van der Waals surface area contributed by atoms with E-state index in [4.69, 9.17) is 9.47 Å². The maximum atomic E-state index is 5.59. The van der Waals surface area contributed by atoms with Gasteiger partial charge in [0.25, 0.3) is 0 Å². The highest BCUT2D eigenvalue weighted by Crippen LogP contribution is 2.41. The normalized spacial score (nSPS) is 13.8. The molecule has 0 aliphatic carbocycles. The van der Waals surface area contributed by atoms with E-state index >= 15 is 0 Å². The lowest BCUT2D eigenvalue weighted by Gasteiger charge is -2.12. The fourth-order valence-corrected chi connectivity index (χ4v) is 3.33. The predicted octanol–water partition coefficient (Wildman–Crippen LogP) is 5.78. The number of allylic oxidation sites excluding steroid dienone is 2. The summed E-state index contributed by atoms with van der Waals surface area (Å²) in [7, 11) is 0. The molecule has 3 heteroatoms. The molecule has 20 heavy (non-hydrogen) atoms. The molecule has 1 heterocycles. The van der Waals surface area contributed by atoms with Gasteiger partial charge in [0.15, 0.2) is 11.5 Å². The summed E-state index contributed by atoms with van der Waals surface area (Å²) in [6, 6.07) is 4.22. The first-order valence-corrected chi connectivity index (χ1v) is 8.63. The van der Waals surface area contributed by atoms with Crippen molar-refractivity contribution in [3.8, 4) is 11.5 Å². The molecule has 0 amide bonds. The third kappa shape index (κ3) is 3.68. The lowest BCUT2D eigenvalue weighted by Crippen LogP contribution is -1.95. The van der Waals surface area contributed by atoms with Crippen molar-refractivity contribution in [3.63, 3.8) is 0 Å². The Morgan fingerprint density at radius 3 is 2.75 bits per heavy atom. The third-order valence-electron chi connectivity index (χ3n) is 3.57. The zero-order valence-electron chi connectivity index (χ0n) is 12.4. The van der Waals surface area contributed by atoms with Crippen LogP contribution in [0.15, 0.2) is 18.2 Å². The van der Waals surface area contributed by atoms with Gasteiger partial charge in [-0.05, 0) is 65.1 Å². The van der Waals surface area contributed by atoms with Gasteiger partial charge in [-0.1, -0.05) is 39.2 Å². The lowest BCUT2D eigenvalue weighted by atomic mass is 9.98. The van der Waals surface area contributed by atoms with Gasteiger partial charge in [0.05, 0.1) is 3.57 Å². The average Bonchev–Trinajstić information content (AvgIpc) is 2.93. The smallest absolute Gasteiger partial charge is 0.231 e. The van der Waals surface area contributed by atoms with E-state index in [9.17, 15) is 0 Å². The standard InChI is InChI=1S/C17H23IO2/c1-3-5-7-9-13(8-6-4-2)14-10-11-15-17(16(14)18)20-12-19-15/h9-11H,3-8,12H2,1-2H3/b13-9+. The first-order valence-electron chi connectivity index (χ1n) is 7.55. The van der Waals surface area contributed by atoms with Gasteiger partial charge in [-0.15, -0.1) is 0 Å². The molecule has 0 unspecified atom stereocenters. The van der Waals surface area contributed by atoms with E-state index in [1.54, 1.807) is 0 Å². The zero-order chi connectivity index (χ0) is 14.4. The molecule has 0 bridgehead atoms. The molecule has 0 saturated heterocycles. The summed E-state index contributed by atoms with van der Waals surface area (Å²) in [5.74, 6) is 1.79. The van der Waals surface area contributed by atoms with Crippen molar-refractivity contribution in [1.29, 1.82) is 0 Å². The Bertz CT molecular complexity index is 480. The molecule has 2 rings (SSSR count). The molecule has 1 aliphatic rings. The van der Waals surface area contributed by atoms with Crippen LogP contribution in [0.25, 0.3) is 5.57 Å². The van der Waals surface area contributed by atoms with E-state index in [1.807, 2.05) is 6.07 Å². The van der Waals surface area contributed by atoms with Gasteiger partial charge in [0, 0.05) is 0 Å². The van der Waals surface area contributed by atoms with Crippen LogP contribution in [-0.4, -0.2) is 6.79 Å². The van der Waals surface area contributed by atoms with Gasteiger partial charge in [-0.2, -0.15) is 0 Å². The number of fused-ring (bicyclic) bond motifs is 1. The van der Waals surface area contributed by atoms with Crippen molar-refractivity contribution in [2.75, 3.05) is 6.79 Å². The minimum atomic E-state index is 0.346. The van der Waals surface area contributed by atoms with E-state index in [2.05, 4.69) is 48.6 Å². The highest BCUT2D eigenvalue weighted by Gasteiger charge is 2.20. The fraction of sp³-hybridized carbons (Fsp3) is 0.529. The molecule has 1 aliphatic heterocycles. The van der Waals surface area contributed by atoms with Crippen LogP contribution in [0.5, 0.6) is 11.5 Å². The number of halogens is 1. The summed E-state index contributed by atoms with van der Waals surface area (Å²) in [6.07, 6.45) is 9.70. The molecular weight excluding hydrogens is 363 g/mol. The Hall–Kier alpha value is -0.710. The first kappa shape index (κ1) is 15.7. The predicted molar refractivity (Wildman–Crippen MR) is 92.3 cm³/mol. The largest absolute Gasteiger partial charge is 0.454 e. The molecule has 0 aromatic heterocycles. The lowest BCUT2D eigenvalue weighted by molar-refractivity contribution is 0.173. The summed E-state index contributed by atoms with van der Waals surface area (Å²) >= 11 is 2.39. The van der Waals surface area contributed by atoms with Crippen LogP contribution < -0.4 is 9.47 Å². The van der Waals surface area contributed by atoms with Crippen LogP contribution in [0.2, 0.25) is 0 Å². The maximum Gasteiger partial charge on any atom is 0.231 e. The minimum absolute atomic E-state index is 0.346. The highest BCUT2D eigenvalue weighted by atomic mass is 127. The molecule has 0 fully saturated rings. The third-order valence-corrected chi connectivity index (χ3v) is 4.64. The summed E-state index contributed by atoms with van der Waals surface area (Å²) in [5.41, 5.74) is 2.78. The van der Waals surface area contributed by atoms with E-state index < -0.39 is 0 Å². The molecule has 0 spiro atoms. The molecule has 110 valence electrons.